The Morgan fingerprint density at radius 1 is 1.15 bits per heavy atom. The summed E-state index contributed by atoms with van der Waals surface area (Å²) < 4.78 is 1.85. The SMILES string of the molecule is Cc1nc2c3ccccc3nn2c(C)c1CCC(=O)NCC(=O)NC(C)C. The lowest BCUT2D eigenvalue weighted by Crippen LogP contribution is -2.39. The fraction of sp³-hybridized carbons (Fsp3) is 0.400. The standard InChI is InChI=1S/C20H25N5O2/c1-12(2)22-19(27)11-21-18(26)10-9-15-13(3)23-20-16-7-5-6-8-17(16)24-25(20)14(15)4/h5-8,12H,9-11H2,1-4H3,(H,21,26)(H,22,27). The molecule has 2 aromatic heterocycles. The molecule has 0 fully saturated rings. The van der Waals surface area contributed by atoms with Gasteiger partial charge < -0.3 is 10.6 Å². The van der Waals surface area contributed by atoms with Crippen molar-refractivity contribution in [3.8, 4) is 0 Å². The number of aryl methyl sites for hydroxylation is 2. The Hall–Kier alpha value is -2.96. The number of nitrogens with one attached hydrogen (secondary N) is 2. The average Bonchev–Trinajstić information content (AvgIpc) is 2.98. The smallest absolute Gasteiger partial charge is 0.239 e. The summed E-state index contributed by atoms with van der Waals surface area (Å²) in [7, 11) is 0. The van der Waals surface area contributed by atoms with Crippen LogP contribution in [0.1, 0.15) is 37.2 Å². The minimum absolute atomic E-state index is 0.00317. The van der Waals surface area contributed by atoms with E-state index in [2.05, 4.69) is 15.7 Å². The molecule has 0 saturated carbocycles. The molecule has 3 aromatic rings. The van der Waals surface area contributed by atoms with E-state index in [1.165, 1.54) is 0 Å². The van der Waals surface area contributed by atoms with Crippen LogP contribution in [-0.4, -0.2) is 39.0 Å². The van der Waals surface area contributed by atoms with Crippen molar-refractivity contribution in [1.29, 1.82) is 0 Å². The predicted molar refractivity (Wildman–Crippen MR) is 105 cm³/mol. The fourth-order valence-electron chi connectivity index (χ4n) is 3.22. The number of benzene rings is 1. The highest BCUT2D eigenvalue weighted by Crippen LogP contribution is 2.22. The minimum Gasteiger partial charge on any atom is -0.352 e. The second-order valence-corrected chi connectivity index (χ2v) is 7.01. The quantitative estimate of drug-likeness (QED) is 0.698. The number of carbonyl (C=O) groups excluding carboxylic acids is 2. The van der Waals surface area contributed by atoms with E-state index in [9.17, 15) is 9.59 Å². The van der Waals surface area contributed by atoms with E-state index in [1.54, 1.807) is 0 Å². The molecule has 0 aliphatic heterocycles. The molecule has 27 heavy (non-hydrogen) atoms. The van der Waals surface area contributed by atoms with Crippen molar-refractivity contribution in [3.63, 3.8) is 0 Å². The van der Waals surface area contributed by atoms with Crippen LogP contribution < -0.4 is 10.6 Å². The predicted octanol–water partition coefficient (Wildman–Crippen LogP) is 2.07. The maximum absolute atomic E-state index is 12.1. The molecule has 2 amide bonds. The molecule has 0 spiro atoms. The summed E-state index contributed by atoms with van der Waals surface area (Å²) in [5.41, 5.74) is 4.63. The van der Waals surface area contributed by atoms with Crippen molar-refractivity contribution in [2.75, 3.05) is 6.54 Å². The Labute approximate surface area is 158 Å². The zero-order valence-corrected chi connectivity index (χ0v) is 16.2. The number of aromatic nitrogens is 3. The molecule has 0 atom stereocenters. The highest BCUT2D eigenvalue weighted by molar-refractivity contribution is 5.92. The van der Waals surface area contributed by atoms with E-state index >= 15 is 0 Å². The van der Waals surface area contributed by atoms with Crippen LogP contribution in [0.2, 0.25) is 0 Å². The molecule has 1 aromatic carbocycles. The molecule has 0 aliphatic carbocycles. The monoisotopic (exact) mass is 367 g/mol. The van der Waals surface area contributed by atoms with Gasteiger partial charge in [-0.25, -0.2) is 9.50 Å². The Balaban J connectivity index is 1.72. The Kier molecular flexibility index (Phi) is 5.39. The van der Waals surface area contributed by atoms with Crippen LogP contribution in [0.3, 0.4) is 0 Å². The Bertz CT molecular complexity index is 1010. The van der Waals surface area contributed by atoms with Gasteiger partial charge in [0.1, 0.15) is 0 Å². The number of hydrogen-bond acceptors (Lipinski definition) is 4. The molecular formula is C20H25N5O2. The van der Waals surface area contributed by atoms with Gasteiger partial charge in [0.05, 0.1) is 12.1 Å². The lowest BCUT2D eigenvalue weighted by atomic mass is 10.1. The average molecular weight is 367 g/mol. The van der Waals surface area contributed by atoms with Crippen molar-refractivity contribution >= 4 is 28.4 Å². The summed E-state index contributed by atoms with van der Waals surface area (Å²) in [5, 5.41) is 11.1. The van der Waals surface area contributed by atoms with Crippen molar-refractivity contribution in [3.05, 3.63) is 41.2 Å². The van der Waals surface area contributed by atoms with Crippen LogP contribution in [0.4, 0.5) is 0 Å². The molecule has 2 heterocycles. The lowest BCUT2D eigenvalue weighted by Gasteiger charge is -2.12. The molecular weight excluding hydrogens is 342 g/mol. The molecule has 0 radical (unpaired) electrons. The van der Waals surface area contributed by atoms with Crippen molar-refractivity contribution in [2.45, 2.75) is 46.6 Å². The maximum Gasteiger partial charge on any atom is 0.239 e. The molecule has 0 unspecified atom stereocenters. The van der Waals surface area contributed by atoms with E-state index in [-0.39, 0.29) is 24.4 Å². The van der Waals surface area contributed by atoms with Crippen molar-refractivity contribution in [1.82, 2.24) is 25.2 Å². The number of fused-ring (bicyclic) bond motifs is 3. The highest BCUT2D eigenvalue weighted by atomic mass is 16.2. The first-order chi connectivity index (χ1) is 12.9. The summed E-state index contributed by atoms with van der Waals surface area (Å²) >= 11 is 0. The van der Waals surface area contributed by atoms with E-state index in [0.29, 0.717) is 12.8 Å². The lowest BCUT2D eigenvalue weighted by molar-refractivity contribution is -0.126. The van der Waals surface area contributed by atoms with Crippen LogP contribution in [0.25, 0.3) is 16.6 Å². The van der Waals surface area contributed by atoms with Gasteiger partial charge in [-0.05, 0) is 51.8 Å². The van der Waals surface area contributed by atoms with Gasteiger partial charge in [-0.15, -0.1) is 0 Å². The Morgan fingerprint density at radius 3 is 2.63 bits per heavy atom. The largest absolute Gasteiger partial charge is 0.352 e. The molecule has 7 nitrogen and oxygen atoms in total. The molecule has 3 rings (SSSR count). The first-order valence-electron chi connectivity index (χ1n) is 9.16. The van der Waals surface area contributed by atoms with Gasteiger partial charge >= 0.3 is 0 Å². The van der Waals surface area contributed by atoms with Gasteiger partial charge in [0, 0.05) is 29.2 Å². The number of amides is 2. The molecule has 0 saturated heterocycles. The molecule has 0 bridgehead atoms. The molecule has 0 aliphatic rings. The van der Waals surface area contributed by atoms with Crippen LogP contribution in [0.5, 0.6) is 0 Å². The van der Waals surface area contributed by atoms with Gasteiger partial charge in [0.2, 0.25) is 11.8 Å². The second-order valence-electron chi connectivity index (χ2n) is 7.01. The van der Waals surface area contributed by atoms with Crippen molar-refractivity contribution in [2.24, 2.45) is 0 Å². The minimum atomic E-state index is -0.183. The van der Waals surface area contributed by atoms with Gasteiger partial charge in [-0.1, -0.05) is 12.1 Å². The van der Waals surface area contributed by atoms with E-state index < -0.39 is 0 Å². The van der Waals surface area contributed by atoms with E-state index in [0.717, 1.165) is 33.5 Å². The van der Waals surface area contributed by atoms with Crippen molar-refractivity contribution < 1.29 is 9.59 Å². The van der Waals surface area contributed by atoms with Crippen LogP contribution >= 0.6 is 0 Å². The number of carbonyl (C=O) groups is 2. The summed E-state index contributed by atoms with van der Waals surface area (Å²) in [4.78, 5) is 28.4. The van der Waals surface area contributed by atoms with Gasteiger partial charge in [0.15, 0.2) is 5.65 Å². The topological polar surface area (TPSA) is 88.4 Å². The third-order valence-electron chi connectivity index (χ3n) is 4.52. The van der Waals surface area contributed by atoms with Crippen LogP contribution in [0.15, 0.2) is 24.3 Å². The number of hydrogen-bond donors (Lipinski definition) is 2. The number of rotatable bonds is 6. The second kappa shape index (κ2) is 7.73. The van der Waals surface area contributed by atoms with Crippen LogP contribution in [-0.2, 0) is 16.0 Å². The summed E-state index contributed by atoms with van der Waals surface area (Å²) in [6.45, 7) is 7.71. The molecule has 7 heteroatoms. The zero-order valence-electron chi connectivity index (χ0n) is 16.2. The maximum atomic E-state index is 12.1. The Morgan fingerprint density at radius 2 is 1.89 bits per heavy atom. The summed E-state index contributed by atoms with van der Waals surface area (Å²) in [6.07, 6.45) is 0.846. The first kappa shape index (κ1) is 18.8. The van der Waals surface area contributed by atoms with Gasteiger partial charge in [-0.3, -0.25) is 9.59 Å². The third kappa shape index (κ3) is 4.07. The third-order valence-corrected chi connectivity index (χ3v) is 4.52. The van der Waals surface area contributed by atoms with Gasteiger partial charge in [0.25, 0.3) is 0 Å². The normalized spacial score (nSPS) is 11.3. The van der Waals surface area contributed by atoms with Gasteiger partial charge in [-0.2, -0.15) is 5.10 Å². The zero-order chi connectivity index (χ0) is 19.6. The highest BCUT2D eigenvalue weighted by Gasteiger charge is 2.15. The molecule has 142 valence electrons. The first-order valence-corrected chi connectivity index (χ1v) is 9.16. The summed E-state index contributed by atoms with van der Waals surface area (Å²) in [6, 6.07) is 7.97. The fourth-order valence-corrected chi connectivity index (χ4v) is 3.22. The molecule has 2 N–H and O–H groups in total. The summed E-state index contributed by atoms with van der Waals surface area (Å²) in [5.74, 6) is -0.338. The van der Waals surface area contributed by atoms with E-state index in [1.807, 2.05) is 56.5 Å². The van der Waals surface area contributed by atoms with Crippen LogP contribution in [0, 0.1) is 13.8 Å². The van der Waals surface area contributed by atoms with E-state index in [4.69, 9.17) is 4.98 Å². The number of nitrogens with zero attached hydrogens (tertiary/aromatic N) is 3.